The molecule has 0 aromatic heterocycles. The summed E-state index contributed by atoms with van der Waals surface area (Å²) in [5.41, 5.74) is 7.16. The van der Waals surface area contributed by atoms with Gasteiger partial charge in [0.2, 0.25) is 0 Å². The molecule has 3 aromatic rings. The Labute approximate surface area is 152 Å². The van der Waals surface area contributed by atoms with Gasteiger partial charge in [0.25, 0.3) is 0 Å². The van der Waals surface area contributed by atoms with Crippen molar-refractivity contribution in [2.75, 3.05) is 5.43 Å². The van der Waals surface area contributed by atoms with Crippen LogP contribution < -0.4 is 10.2 Å². The average molecular weight is 351 g/mol. The molecule has 0 radical (unpaired) electrons. The zero-order chi connectivity index (χ0) is 17.5. The van der Waals surface area contributed by atoms with E-state index in [0.717, 1.165) is 22.6 Å². The Hall–Kier alpha value is -2.78. The number of nitrogens with one attached hydrogen (secondary N) is 1. The number of hydrogen-bond acceptors (Lipinski definition) is 3. The van der Waals surface area contributed by atoms with Gasteiger partial charge in [0.15, 0.2) is 0 Å². The fourth-order valence-electron chi connectivity index (χ4n) is 2.24. The van der Waals surface area contributed by atoms with Gasteiger partial charge in [-0.1, -0.05) is 47.5 Å². The third kappa shape index (κ3) is 5.10. The molecule has 0 fully saturated rings. The first-order valence-electron chi connectivity index (χ1n) is 8.03. The van der Waals surface area contributed by atoms with Crippen LogP contribution >= 0.6 is 11.6 Å². The van der Waals surface area contributed by atoms with Gasteiger partial charge in [-0.3, -0.25) is 5.43 Å². The Morgan fingerprint density at radius 3 is 2.40 bits per heavy atom. The molecule has 25 heavy (non-hydrogen) atoms. The molecule has 0 saturated carbocycles. The summed E-state index contributed by atoms with van der Waals surface area (Å²) in [5, 5.41) is 4.96. The molecule has 3 rings (SSSR count). The number of rotatable bonds is 6. The summed E-state index contributed by atoms with van der Waals surface area (Å²) in [6.07, 6.45) is 1.78. The van der Waals surface area contributed by atoms with Crippen LogP contribution in [0.25, 0.3) is 0 Å². The van der Waals surface area contributed by atoms with Gasteiger partial charge in [0.05, 0.1) is 11.9 Å². The van der Waals surface area contributed by atoms with Crippen LogP contribution in [0.1, 0.15) is 16.7 Å². The molecular weight excluding hydrogens is 332 g/mol. The zero-order valence-corrected chi connectivity index (χ0v) is 14.7. The summed E-state index contributed by atoms with van der Waals surface area (Å²) < 4.78 is 5.77. The van der Waals surface area contributed by atoms with Crippen LogP contribution in [0.5, 0.6) is 5.75 Å². The van der Waals surface area contributed by atoms with Gasteiger partial charge in [-0.15, -0.1) is 0 Å². The summed E-state index contributed by atoms with van der Waals surface area (Å²) in [7, 11) is 0. The highest BCUT2D eigenvalue weighted by molar-refractivity contribution is 6.31. The topological polar surface area (TPSA) is 33.6 Å². The van der Waals surface area contributed by atoms with Crippen LogP contribution in [0.3, 0.4) is 0 Å². The van der Waals surface area contributed by atoms with Crippen LogP contribution in [0.2, 0.25) is 5.02 Å². The maximum absolute atomic E-state index is 6.13. The molecule has 126 valence electrons. The number of halogens is 1. The molecule has 0 aliphatic carbocycles. The minimum absolute atomic E-state index is 0.447. The Morgan fingerprint density at radius 1 is 0.960 bits per heavy atom. The first-order valence-corrected chi connectivity index (χ1v) is 8.40. The second-order valence-corrected chi connectivity index (χ2v) is 6.09. The van der Waals surface area contributed by atoms with E-state index in [9.17, 15) is 0 Å². The smallest absolute Gasteiger partial charge is 0.119 e. The monoisotopic (exact) mass is 350 g/mol. The maximum Gasteiger partial charge on any atom is 0.119 e. The Bertz CT molecular complexity index is 843. The highest BCUT2D eigenvalue weighted by atomic mass is 35.5. The number of anilines is 1. The molecule has 0 bridgehead atoms. The lowest BCUT2D eigenvalue weighted by molar-refractivity contribution is 0.306. The third-order valence-corrected chi connectivity index (χ3v) is 4.06. The molecule has 0 heterocycles. The predicted octanol–water partition coefficient (Wildman–Crippen LogP) is 5.67. The molecular formula is C21H19ClN2O. The Morgan fingerprint density at radius 2 is 1.68 bits per heavy atom. The van der Waals surface area contributed by atoms with Gasteiger partial charge >= 0.3 is 0 Å². The van der Waals surface area contributed by atoms with Crippen molar-refractivity contribution < 1.29 is 4.74 Å². The van der Waals surface area contributed by atoms with Gasteiger partial charge in [0.1, 0.15) is 12.4 Å². The molecule has 0 aliphatic heterocycles. The van der Waals surface area contributed by atoms with Gasteiger partial charge < -0.3 is 4.74 Å². The van der Waals surface area contributed by atoms with Crippen LogP contribution in [-0.2, 0) is 6.61 Å². The first-order chi connectivity index (χ1) is 12.2. The van der Waals surface area contributed by atoms with E-state index >= 15 is 0 Å². The van der Waals surface area contributed by atoms with Crippen molar-refractivity contribution in [3.63, 3.8) is 0 Å². The maximum atomic E-state index is 6.13. The van der Waals surface area contributed by atoms with Gasteiger partial charge in [-0.05, 0) is 55.0 Å². The number of aryl methyl sites for hydroxylation is 1. The second-order valence-electron chi connectivity index (χ2n) is 5.69. The lowest BCUT2D eigenvalue weighted by atomic mass is 10.2. The second kappa shape index (κ2) is 8.36. The van der Waals surface area contributed by atoms with Crippen LogP contribution in [0.15, 0.2) is 77.9 Å². The number of hydrogen-bond donors (Lipinski definition) is 1. The summed E-state index contributed by atoms with van der Waals surface area (Å²) >= 11 is 6.13. The Kier molecular flexibility index (Phi) is 5.70. The van der Waals surface area contributed by atoms with Crippen molar-refractivity contribution in [3.05, 3.63) is 94.5 Å². The normalized spacial score (nSPS) is 10.8. The molecule has 3 nitrogen and oxygen atoms in total. The average Bonchev–Trinajstić information content (AvgIpc) is 2.64. The van der Waals surface area contributed by atoms with Crippen molar-refractivity contribution in [2.45, 2.75) is 13.5 Å². The summed E-state index contributed by atoms with van der Waals surface area (Å²) in [4.78, 5) is 0. The lowest BCUT2D eigenvalue weighted by Gasteiger charge is -2.07. The van der Waals surface area contributed by atoms with E-state index < -0.39 is 0 Å². The van der Waals surface area contributed by atoms with Gasteiger partial charge in [-0.2, -0.15) is 5.10 Å². The van der Waals surface area contributed by atoms with Gasteiger partial charge in [0, 0.05) is 10.6 Å². The number of benzene rings is 3. The fraction of sp³-hybridized carbons (Fsp3) is 0.0952. The van der Waals surface area contributed by atoms with Crippen molar-refractivity contribution in [2.24, 2.45) is 5.10 Å². The molecule has 0 spiro atoms. The largest absolute Gasteiger partial charge is 0.489 e. The molecule has 4 heteroatoms. The van der Waals surface area contributed by atoms with E-state index in [0.29, 0.717) is 11.6 Å². The SMILES string of the molecule is Cc1ccc(NN=Cc2ccc(OCc3ccccc3Cl)cc2)cc1. The van der Waals surface area contributed by atoms with E-state index in [1.807, 2.05) is 72.8 Å². The van der Waals surface area contributed by atoms with E-state index in [1.54, 1.807) is 6.21 Å². The highest BCUT2D eigenvalue weighted by Gasteiger charge is 2.00. The number of nitrogens with zero attached hydrogens (tertiary/aromatic N) is 1. The first kappa shape index (κ1) is 17.1. The van der Waals surface area contributed by atoms with E-state index in [1.165, 1.54) is 5.56 Å². The van der Waals surface area contributed by atoms with Crippen LogP contribution in [0.4, 0.5) is 5.69 Å². The third-order valence-electron chi connectivity index (χ3n) is 3.69. The summed E-state index contributed by atoms with van der Waals surface area (Å²) in [6.45, 7) is 2.50. The molecule has 0 unspecified atom stereocenters. The summed E-state index contributed by atoms with van der Waals surface area (Å²) in [5.74, 6) is 0.795. The van der Waals surface area contributed by atoms with Crippen LogP contribution in [0, 0.1) is 6.92 Å². The lowest BCUT2D eigenvalue weighted by Crippen LogP contribution is -1.96. The molecule has 0 saturated heterocycles. The summed E-state index contributed by atoms with van der Waals surface area (Å²) in [6, 6.07) is 23.5. The Balaban J connectivity index is 1.54. The fourth-order valence-corrected chi connectivity index (χ4v) is 2.43. The van der Waals surface area contributed by atoms with Crippen molar-refractivity contribution in [1.29, 1.82) is 0 Å². The molecule has 0 aliphatic rings. The van der Waals surface area contributed by atoms with E-state index in [-0.39, 0.29) is 0 Å². The molecule has 1 N–H and O–H groups in total. The zero-order valence-electron chi connectivity index (χ0n) is 13.9. The highest BCUT2D eigenvalue weighted by Crippen LogP contribution is 2.18. The van der Waals surface area contributed by atoms with Crippen molar-refractivity contribution >= 4 is 23.5 Å². The number of hydrazone groups is 1. The molecule has 3 aromatic carbocycles. The quantitative estimate of drug-likeness (QED) is 0.458. The number of ether oxygens (including phenoxy) is 1. The molecule has 0 atom stereocenters. The standard InChI is InChI=1S/C21H19ClN2O/c1-16-6-10-19(11-7-16)24-23-14-17-8-12-20(13-9-17)25-15-18-4-2-3-5-21(18)22/h2-14,24H,15H2,1H3. The van der Waals surface area contributed by atoms with Crippen molar-refractivity contribution in [3.8, 4) is 5.75 Å². The van der Waals surface area contributed by atoms with E-state index in [4.69, 9.17) is 16.3 Å². The van der Waals surface area contributed by atoms with Crippen LogP contribution in [-0.4, -0.2) is 6.21 Å². The molecule has 0 amide bonds. The minimum atomic E-state index is 0.447. The minimum Gasteiger partial charge on any atom is -0.489 e. The predicted molar refractivity (Wildman–Crippen MR) is 105 cm³/mol. The van der Waals surface area contributed by atoms with Gasteiger partial charge in [-0.25, -0.2) is 0 Å². The van der Waals surface area contributed by atoms with E-state index in [2.05, 4.69) is 17.5 Å². The van der Waals surface area contributed by atoms with Crippen molar-refractivity contribution in [1.82, 2.24) is 0 Å².